The summed E-state index contributed by atoms with van der Waals surface area (Å²) in [6, 6.07) is 7.04. The Morgan fingerprint density at radius 1 is 1.28 bits per heavy atom. The van der Waals surface area contributed by atoms with Gasteiger partial charge in [0.05, 0.1) is 12.7 Å². The van der Waals surface area contributed by atoms with Crippen LogP contribution in [0.1, 0.15) is 48.0 Å². The Hall–Kier alpha value is -2.54. The molecule has 1 aliphatic carbocycles. The van der Waals surface area contributed by atoms with E-state index in [9.17, 15) is 9.59 Å². The van der Waals surface area contributed by atoms with Crippen molar-refractivity contribution in [1.29, 1.82) is 0 Å². The molecule has 0 bridgehead atoms. The molecular formula is C22H28N2O4S. The number of anilines is 1. The van der Waals surface area contributed by atoms with Crippen molar-refractivity contribution < 1.29 is 19.1 Å². The predicted molar refractivity (Wildman–Crippen MR) is 115 cm³/mol. The number of hydrogen-bond acceptors (Lipinski definition) is 5. The third kappa shape index (κ3) is 4.90. The Labute approximate surface area is 175 Å². The molecule has 6 nitrogen and oxygen atoms in total. The second kappa shape index (κ2) is 8.45. The maximum Gasteiger partial charge on any atom is 0.262 e. The van der Waals surface area contributed by atoms with Gasteiger partial charge in [-0.15, -0.1) is 11.3 Å². The van der Waals surface area contributed by atoms with Crippen LogP contribution in [0.5, 0.6) is 11.5 Å². The third-order valence-electron chi connectivity index (χ3n) is 5.40. The van der Waals surface area contributed by atoms with Crippen LogP contribution in [0.2, 0.25) is 0 Å². The summed E-state index contributed by atoms with van der Waals surface area (Å²) in [6.45, 7) is 6.55. The molecule has 1 aromatic carbocycles. The van der Waals surface area contributed by atoms with Crippen LogP contribution >= 0.6 is 11.3 Å². The summed E-state index contributed by atoms with van der Waals surface area (Å²) >= 11 is 1.46. The minimum atomic E-state index is -0.499. The molecule has 1 unspecified atom stereocenters. The highest BCUT2D eigenvalue weighted by Crippen LogP contribution is 2.44. The monoisotopic (exact) mass is 416 g/mol. The maximum atomic E-state index is 12.4. The number of ether oxygens (including phenoxy) is 2. The molecule has 1 atom stereocenters. The SMILES string of the molecule is COc1cccc(OCC(=O)Nc2sc3c(c2C(N)=O)CCC(C(C)(C)C)C3)c1. The van der Waals surface area contributed by atoms with E-state index in [2.05, 4.69) is 26.1 Å². The predicted octanol–water partition coefficient (Wildman–Crippen LogP) is 4.02. The van der Waals surface area contributed by atoms with Gasteiger partial charge in [0.1, 0.15) is 16.5 Å². The topological polar surface area (TPSA) is 90.7 Å². The van der Waals surface area contributed by atoms with Gasteiger partial charge < -0.3 is 20.5 Å². The van der Waals surface area contributed by atoms with Crippen molar-refractivity contribution in [2.24, 2.45) is 17.1 Å². The van der Waals surface area contributed by atoms with Crippen LogP contribution in [-0.4, -0.2) is 25.5 Å². The highest BCUT2D eigenvalue weighted by Gasteiger charge is 2.33. The molecule has 29 heavy (non-hydrogen) atoms. The summed E-state index contributed by atoms with van der Waals surface area (Å²) < 4.78 is 10.7. The molecule has 2 aromatic rings. The second-order valence-electron chi connectivity index (χ2n) is 8.39. The summed E-state index contributed by atoms with van der Waals surface area (Å²) in [7, 11) is 1.57. The molecule has 2 amide bonds. The molecule has 0 fully saturated rings. The molecule has 1 aromatic heterocycles. The van der Waals surface area contributed by atoms with E-state index in [1.165, 1.54) is 11.3 Å². The minimum absolute atomic E-state index is 0.168. The number of amides is 2. The first kappa shape index (κ1) is 21.2. The quantitative estimate of drug-likeness (QED) is 0.744. The smallest absolute Gasteiger partial charge is 0.262 e. The van der Waals surface area contributed by atoms with E-state index in [0.717, 1.165) is 29.7 Å². The van der Waals surface area contributed by atoms with Crippen molar-refractivity contribution in [2.45, 2.75) is 40.0 Å². The second-order valence-corrected chi connectivity index (χ2v) is 9.50. The molecule has 0 radical (unpaired) electrons. The summed E-state index contributed by atoms with van der Waals surface area (Å²) in [5, 5.41) is 3.35. The van der Waals surface area contributed by atoms with Crippen LogP contribution in [-0.2, 0) is 17.6 Å². The zero-order valence-electron chi connectivity index (χ0n) is 17.3. The first-order chi connectivity index (χ1) is 13.7. The van der Waals surface area contributed by atoms with Gasteiger partial charge in [-0.2, -0.15) is 0 Å². The maximum absolute atomic E-state index is 12.4. The molecule has 7 heteroatoms. The average molecular weight is 417 g/mol. The molecule has 0 saturated carbocycles. The number of nitrogens with two attached hydrogens (primary N) is 1. The molecule has 1 aliphatic rings. The van der Waals surface area contributed by atoms with E-state index < -0.39 is 5.91 Å². The summed E-state index contributed by atoms with van der Waals surface area (Å²) in [5.74, 6) is 0.891. The molecule has 3 rings (SSSR count). The van der Waals surface area contributed by atoms with Gasteiger partial charge in [-0.1, -0.05) is 26.8 Å². The van der Waals surface area contributed by atoms with Crippen LogP contribution in [0.25, 0.3) is 0 Å². The number of hydrogen-bond donors (Lipinski definition) is 2. The Morgan fingerprint density at radius 3 is 2.66 bits per heavy atom. The first-order valence-electron chi connectivity index (χ1n) is 9.70. The number of carbonyl (C=O) groups excluding carboxylic acids is 2. The van der Waals surface area contributed by atoms with E-state index in [1.54, 1.807) is 31.4 Å². The van der Waals surface area contributed by atoms with Crippen LogP contribution in [0.3, 0.4) is 0 Å². The van der Waals surface area contributed by atoms with Crippen LogP contribution < -0.4 is 20.5 Å². The Kier molecular flexibility index (Phi) is 6.17. The number of fused-ring (bicyclic) bond motifs is 1. The lowest BCUT2D eigenvalue weighted by Gasteiger charge is -2.33. The number of thiophene rings is 1. The Morgan fingerprint density at radius 2 is 2.00 bits per heavy atom. The average Bonchev–Trinajstić information content (AvgIpc) is 3.03. The van der Waals surface area contributed by atoms with Gasteiger partial charge in [-0.25, -0.2) is 0 Å². The number of rotatable bonds is 6. The fourth-order valence-electron chi connectivity index (χ4n) is 3.68. The normalized spacial score (nSPS) is 16.1. The third-order valence-corrected chi connectivity index (χ3v) is 6.57. The Balaban J connectivity index is 1.72. The molecular weight excluding hydrogens is 388 g/mol. The van der Waals surface area contributed by atoms with Gasteiger partial charge in [0.25, 0.3) is 11.8 Å². The largest absolute Gasteiger partial charge is 0.497 e. The van der Waals surface area contributed by atoms with Gasteiger partial charge in [-0.05, 0) is 48.3 Å². The van der Waals surface area contributed by atoms with Gasteiger partial charge >= 0.3 is 0 Å². The number of carbonyl (C=O) groups is 2. The van der Waals surface area contributed by atoms with E-state index >= 15 is 0 Å². The van der Waals surface area contributed by atoms with Crippen molar-refractivity contribution in [1.82, 2.24) is 0 Å². The lowest BCUT2D eigenvalue weighted by atomic mass is 9.72. The highest BCUT2D eigenvalue weighted by atomic mass is 32.1. The molecule has 156 valence electrons. The van der Waals surface area contributed by atoms with Gasteiger partial charge in [0, 0.05) is 10.9 Å². The number of primary amides is 1. The summed E-state index contributed by atoms with van der Waals surface area (Å²) in [5.41, 5.74) is 7.29. The van der Waals surface area contributed by atoms with Crippen LogP contribution in [0.4, 0.5) is 5.00 Å². The summed E-state index contributed by atoms with van der Waals surface area (Å²) in [4.78, 5) is 25.7. The van der Waals surface area contributed by atoms with Gasteiger partial charge in [-0.3, -0.25) is 9.59 Å². The first-order valence-corrected chi connectivity index (χ1v) is 10.5. The summed E-state index contributed by atoms with van der Waals surface area (Å²) in [6.07, 6.45) is 2.72. The Bertz CT molecular complexity index is 914. The van der Waals surface area contributed by atoms with Crippen LogP contribution in [0, 0.1) is 11.3 Å². The van der Waals surface area contributed by atoms with Crippen molar-refractivity contribution in [3.63, 3.8) is 0 Å². The van der Waals surface area contributed by atoms with E-state index in [-0.39, 0.29) is 17.9 Å². The molecule has 0 spiro atoms. The lowest BCUT2D eigenvalue weighted by molar-refractivity contribution is -0.118. The van der Waals surface area contributed by atoms with E-state index in [1.807, 2.05) is 0 Å². The fourth-order valence-corrected chi connectivity index (χ4v) is 5.03. The fraction of sp³-hybridized carbons (Fsp3) is 0.455. The van der Waals surface area contributed by atoms with Gasteiger partial charge in [0.15, 0.2) is 6.61 Å². The molecule has 1 heterocycles. The van der Waals surface area contributed by atoms with Crippen molar-refractivity contribution >= 4 is 28.2 Å². The van der Waals surface area contributed by atoms with Crippen LogP contribution in [0.15, 0.2) is 24.3 Å². The number of benzene rings is 1. The molecule has 3 N–H and O–H groups in total. The molecule has 0 saturated heterocycles. The van der Waals surface area contributed by atoms with E-state index in [4.69, 9.17) is 15.2 Å². The highest BCUT2D eigenvalue weighted by molar-refractivity contribution is 7.17. The lowest BCUT2D eigenvalue weighted by Crippen LogP contribution is -2.27. The zero-order valence-corrected chi connectivity index (χ0v) is 18.2. The number of methoxy groups -OCH3 is 1. The van der Waals surface area contributed by atoms with Gasteiger partial charge in [0.2, 0.25) is 0 Å². The van der Waals surface area contributed by atoms with Crippen molar-refractivity contribution in [2.75, 3.05) is 19.0 Å². The zero-order chi connectivity index (χ0) is 21.2. The van der Waals surface area contributed by atoms with Crippen molar-refractivity contribution in [3.05, 3.63) is 40.3 Å². The van der Waals surface area contributed by atoms with E-state index in [0.29, 0.717) is 28.0 Å². The standard InChI is InChI=1S/C22H28N2O4S/c1-22(2,3)13-8-9-16-17(10-13)29-21(19(16)20(23)26)24-18(25)12-28-15-7-5-6-14(11-15)27-4/h5-7,11,13H,8-10,12H2,1-4H3,(H2,23,26)(H,24,25). The molecule has 0 aliphatic heterocycles. The minimum Gasteiger partial charge on any atom is -0.497 e. The van der Waals surface area contributed by atoms with Crippen molar-refractivity contribution in [3.8, 4) is 11.5 Å². The number of nitrogens with one attached hydrogen (secondary N) is 1.